The number of aryl methyl sites for hydroxylation is 1. The van der Waals surface area contributed by atoms with Crippen molar-refractivity contribution >= 4 is 40.1 Å². The highest BCUT2D eigenvalue weighted by molar-refractivity contribution is 6.03. The lowest BCUT2D eigenvalue weighted by Crippen LogP contribution is -2.12. The molecule has 0 aliphatic rings. The van der Waals surface area contributed by atoms with Gasteiger partial charge in [0.25, 0.3) is 0 Å². The minimum absolute atomic E-state index is 0.206. The van der Waals surface area contributed by atoms with Crippen molar-refractivity contribution in [2.24, 2.45) is 17.8 Å². The SMILES string of the molecule is Cn1ccc2cc(C(N)=Nc3cccc(NC(=O)/C=C/c4ccccc4)c3)ccc21. The number of aromatic nitrogens is 1. The number of anilines is 1. The van der Waals surface area contributed by atoms with E-state index < -0.39 is 0 Å². The van der Waals surface area contributed by atoms with Crippen molar-refractivity contribution in [1.29, 1.82) is 0 Å². The Kier molecular flexibility index (Phi) is 5.44. The van der Waals surface area contributed by atoms with Crippen molar-refractivity contribution in [3.05, 3.63) is 102 Å². The number of nitrogens with one attached hydrogen (secondary N) is 1. The molecule has 5 nitrogen and oxygen atoms in total. The van der Waals surface area contributed by atoms with Crippen LogP contribution in [-0.4, -0.2) is 16.3 Å². The first kappa shape index (κ1) is 19.2. The molecule has 0 spiro atoms. The monoisotopic (exact) mass is 394 g/mol. The van der Waals surface area contributed by atoms with E-state index in [2.05, 4.69) is 14.9 Å². The molecule has 1 aromatic heterocycles. The summed E-state index contributed by atoms with van der Waals surface area (Å²) < 4.78 is 2.06. The second-order valence-electron chi connectivity index (χ2n) is 6.98. The highest BCUT2D eigenvalue weighted by atomic mass is 16.1. The van der Waals surface area contributed by atoms with Crippen LogP contribution in [0, 0.1) is 0 Å². The molecule has 4 aromatic rings. The molecule has 5 heteroatoms. The van der Waals surface area contributed by atoms with Gasteiger partial charge in [0, 0.05) is 41.5 Å². The summed E-state index contributed by atoms with van der Waals surface area (Å²) in [7, 11) is 2.01. The summed E-state index contributed by atoms with van der Waals surface area (Å²) in [6, 6.07) is 25.0. The highest BCUT2D eigenvalue weighted by Crippen LogP contribution is 2.21. The zero-order chi connectivity index (χ0) is 20.9. The standard InChI is InChI=1S/C25H22N4O/c1-29-15-14-19-16-20(11-12-23(19)29)25(26)28-22-9-5-8-21(17-22)27-24(30)13-10-18-6-3-2-4-7-18/h2-17H,1H3,(H2,26,28)(H,27,30)/b13-10+. The van der Waals surface area contributed by atoms with Gasteiger partial charge in [-0.3, -0.25) is 4.79 Å². The lowest BCUT2D eigenvalue weighted by Gasteiger charge is -2.05. The molecule has 4 rings (SSSR count). The van der Waals surface area contributed by atoms with Crippen LogP contribution in [0.2, 0.25) is 0 Å². The van der Waals surface area contributed by atoms with Crippen LogP contribution in [-0.2, 0) is 11.8 Å². The normalized spacial score (nSPS) is 11.8. The molecule has 0 fully saturated rings. The zero-order valence-corrected chi connectivity index (χ0v) is 16.6. The molecule has 148 valence electrons. The number of nitrogens with two attached hydrogens (primary N) is 1. The van der Waals surface area contributed by atoms with Crippen LogP contribution < -0.4 is 11.1 Å². The van der Waals surface area contributed by atoms with Gasteiger partial charge in [-0.15, -0.1) is 0 Å². The first-order valence-corrected chi connectivity index (χ1v) is 9.62. The smallest absolute Gasteiger partial charge is 0.248 e. The van der Waals surface area contributed by atoms with E-state index in [1.807, 2.05) is 86.0 Å². The summed E-state index contributed by atoms with van der Waals surface area (Å²) in [5, 5.41) is 3.96. The number of fused-ring (bicyclic) bond motifs is 1. The van der Waals surface area contributed by atoms with E-state index in [0.717, 1.165) is 22.0 Å². The molecule has 3 N–H and O–H groups in total. The van der Waals surface area contributed by atoms with Crippen molar-refractivity contribution < 1.29 is 4.79 Å². The van der Waals surface area contributed by atoms with Gasteiger partial charge in [-0.05, 0) is 54.1 Å². The van der Waals surface area contributed by atoms with Crippen molar-refractivity contribution in [2.45, 2.75) is 0 Å². The number of rotatable bonds is 5. The van der Waals surface area contributed by atoms with E-state index in [1.165, 1.54) is 6.08 Å². The molecule has 0 unspecified atom stereocenters. The fourth-order valence-electron chi connectivity index (χ4n) is 3.22. The topological polar surface area (TPSA) is 72.4 Å². The molecule has 1 amide bonds. The first-order chi connectivity index (χ1) is 14.6. The summed E-state index contributed by atoms with van der Waals surface area (Å²) in [6.45, 7) is 0. The second-order valence-corrected chi connectivity index (χ2v) is 6.98. The summed E-state index contributed by atoms with van der Waals surface area (Å²) in [5.74, 6) is 0.218. The van der Waals surface area contributed by atoms with Gasteiger partial charge >= 0.3 is 0 Å². The lowest BCUT2D eigenvalue weighted by atomic mass is 10.1. The summed E-state index contributed by atoms with van der Waals surface area (Å²) >= 11 is 0. The van der Waals surface area contributed by atoms with Gasteiger partial charge in [0.15, 0.2) is 0 Å². The molecule has 0 atom stereocenters. The number of carbonyl (C=O) groups is 1. The molecule has 0 aliphatic heterocycles. The Bertz CT molecular complexity index is 1250. The number of hydrogen-bond donors (Lipinski definition) is 2. The summed E-state index contributed by atoms with van der Waals surface area (Å²) in [5.41, 5.74) is 10.5. The maximum atomic E-state index is 12.2. The third kappa shape index (κ3) is 4.47. The first-order valence-electron chi connectivity index (χ1n) is 9.62. The van der Waals surface area contributed by atoms with Crippen LogP contribution in [0.25, 0.3) is 17.0 Å². The molecule has 3 aromatic carbocycles. The molecular formula is C25H22N4O. The number of amides is 1. The van der Waals surface area contributed by atoms with E-state index >= 15 is 0 Å². The number of nitrogens with zero attached hydrogens (tertiary/aromatic N) is 2. The van der Waals surface area contributed by atoms with Crippen LogP contribution in [0.5, 0.6) is 0 Å². The van der Waals surface area contributed by atoms with Gasteiger partial charge < -0.3 is 15.6 Å². The zero-order valence-electron chi connectivity index (χ0n) is 16.6. The molecule has 1 heterocycles. The minimum atomic E-state index is -0.206. The predicted molar refractivity (Wildman–Crippen MR) is 124 cm³/mol. The Hall–Kier alpha value is -4.12. The number of amidine groups is 1. The van der Waals surface area contributed by atoms with E-state index in [4.69, 9.17) is 5.73 Å². The lowest BCUT2D eigenvalue weighted by molar-refractivity contribution is -0.111. The van der Waals surface area contributed by atoms with E-state index in [-0.39, 0.29) is 5.91 Å². The third-order valence-electron chi connectivity index (χ3n) is 4.77. The van der Waals surface area contributed by atoms with Crippen LogP contribution in [0.15, 0.2) is 96.1 Å². The summed E-state index contributed by atoms with van der Waals surface area (Å²) in [4.78, 5) is 16.7. The number of hydrogen-bond acceptors (Lipinski definition) is 2. The molecular weight excluding hydrogens is 372 g/mol. The van der Waals surface area contributed by atoms with Gasteiger partial charge in [0.05, 0.1) is 5.69 Å². The van der Waals surface area contributed by atoms with Crippen molar-refractivity contribution in [3.63, 3.8) is 0 Å². The number of benzene rings is 3. The van der Waals surface area contributed by atoms with Gasteiger partial charge in [0.2, 0.25) is 5.91 Å². The van der Waals surface area contributed by atoms with Gasteiger partial charge in [-0.2, -0.15) is 0 Å². The highest BCUT2D eigenvalue weighted by Gasteiger charge is 2.04. The third-order valence-corrected chi connectivity index (χ3v) is 4.77. The van der Waals surface area contributed by atoms with Gasteiger partial charge in [-0.1, -0.05) is 36.4 Å². The Morgan fingerprint density at radius 2 is 1.83 bits per heavy atom. The molecule has 0 bridgehead atoms. The van der Waals surface area contributed by atoms with Crippen LogP contribution in [0.4, 0.5) is 11.4 Å². The second kappa shape index (κ2) is 8.49. The van der Waals surface area contributed by atoms with Crippen molar-refractivity contribution in [2.75, 3.05) is 5.32 Å². The maximum absolute atomic E-state index is 12.2. The van der Waals surface area contributed by atoms with Gasteiger partial charge in [-0.25, -0.2) is 4.99 Å². The number of carbonyl (C=O) groups excluding carboxylic acids is 1. The largest absolute Gasteiger partial charge is 0.383 e. The van der Waals surface area contributed by atoms with Crippen LogP contribution in [0.3, 0.4) is 0 Å². The Balaban J connectivity index is 1.49. The summed E-state index contributed by atoms with van der Waals surface area (Å²) in [6.07, 6.45) is 5.30. The van der Waals surface area contributed by atoms with Crippen molar-refractivity contribution in [1.82, 2.24) is 4.57 Å². The van der Waals surface area contributed by atoms with Gasteiger partial charge in [0.1, 0.15) is 5.84 Å². The minimum Gasteiger partial charge on any atom is -0.383 e. The predicted octanol–water partition coefficient (Wildman–Crippen LogP) is 4.87. The van der Waals surface area contributed by atoms with E-state index in [9.17, 15) is 4.79 Å². The number of aliphatic imine (C=N–C) groups is 1. The quantitative estimate of drug-likeness (QED) is 0.288. The average molecular weight is 394 g/mol. The van der Waals surface area contributed by atoms with Crippen LogP contribution >= 0.6 is 0 Å². The molecule has 0 aliphatic carbocycles. The van der Waals surface area contributed by atoms with Crippen molar-refractivity contribution in [3.8, 4) is 0 Å². The Labute approximate surface area is 175 Å². The Morgan fingerprint density at radius 1 is 1.00 bits per heavy atom. The molecule has 0 saturated carbocycles. The molecule has 30 heavy (non-hydrogen) atoms. The molecule has 0 saturated heterocycles. The van der Waals surface area contributed by atoms with Crippen LogP contribution in [0.1, 0.15) is 11.1 Å². The van der Waals surface area contributed by atoms with E-state index in [0.29, 0.717) is 17.2 Å². The average Bonchev–Trinajstić information content (AvgIpc) is 3.13. The van der Waals surface area contributed by atoms with E-state index in [1.54, 1.807) is 12.1 Å². The maximum Gasteiger partial charge on any atom is 0.248 e. The fraction of sp³-hybridized carbons (Fsp3) is 0.0400. The fourth-order valence-corrected chi connectivity index (χ4v) is 3.22. The molecule has 0 radical (unpaired) electrons. The Morgan fingerprint density at radius 3 is 2.67 bits per heavy atom.